The molecule has 0 saturated carbocycles. The third-order valence-corrected chi connectivity index (χ3v) is 3.99. The number of nitrogens with one attached hydrogen (secondary N) is 2. The van der Waals surface area contributed by atoms with Crippen LogP contribution in [0, 0.1) is 6.92 Å². The van der Waals surface area contributed by atoms with Crippen LogP contribution >= 0.6 is 11.6 Å². The minimum absolute atomic E-state index is 0.241. The Morgan fingerprint density at radius 1 is 1.15 bits per heavy atom. The van der Waals surface area contributed by atoms with E-state index in [4.69, 9.17) is 16.3 Å². The number of rotatable bonds is 6. The van der Waals surface area contributed by atoms with Crippen molar-refractivity contribution in [3.8, 4) is 5.75 Å². The number of carbonyl (C=O) groups is 1. The van der Waals surface area contributed by atoms with E-state index in [9.17, 15) is 4.79 Å². The van der Waals surface area contributed by atoms with Gasteiger partial charge in [-0.1, -0.05) is 23.7 Å². The lowest BCUT2D eigenvalue weighted by molar-refractivity contribution is 0.102. The normalized spacial score (nSPS) is 10.3. The van der Waals surface area contributed by atoms with Crippen LogP contribution in [0.4, 0.5) is 17.3 Å². The van der Waals surface area contributed by atoms with Crippen molar-refractivity contribution in [2.45, 2.75) is 13.8 Å². The van der Waals surface area contributed by atoms with Gasteiger partial charge in [-0.15, -0.1) is 0 Å². The number of amides is 1. The van der Waals surface area contributed by atoms with Gasteiger partial charge in [0.15, 0.2) is 0 Å². The molecule has 0 fully saturated rings. The molecule has 1 aromatic heterocycles. The van der Waals surface area contributed by atoms with E-state index < -0.39 is 0 Å². The Bertz CT molecular complexity index is 962. The molecule has 0 aliphatic rings. The molecule has 1 amide bonds. The Hall–Kier alpha value is -3.12. The number of nitrogens with zero attached hydrogens (tertiary/aromatic N) is 2. The van der Waals surface area contributed by atoms with Crippen LogP contribution in [0.1, 0.15) is 23.0 Å². The standard InChI is InChI=1S/C20H19ClN4O2/c1-3-27-18-7-5-4-6-16(18)23-19(26)17-10-11-22-20(25-17)24-15-9-8-14(21)12-13(15)2/h4-12H,3H2,1-2H3,(H,23,26)(H,22,24,25). The van der Waals surface area contributed by atoms with Crippen LogP contribution in [0.5, 0.6) is 5.75 Å². The van der Waals surface area contributed by atoms with E-state index in [1.807, 2.05) is 38.1 Å². The number of hydrogen-bond donors (Lipinski definition) is 2. The van der Waals surface area contributed by atoms with Crippen LogP contribution in [0.15, 0.2) is 54.7 Å². The van der Waals surface area contributed by atoms with Gasteiger partial charge in [-0.25, -0.2) is 9.97 Å². The number of aromatic nitrogens is 2. The van der Waals surface area contributed by atoms with Gasteiger partial charge in [0.25, 0.3) is 5.91 Å². The van der Waals surface area contributed by atoms with E-state index in [1.54, 1.807) is 24.3 Å². The van der Waals surface area contributed by atoms with Gasteiger partial charge in [0, 0.05) is 16.9 Å². The number of benzene rings is 2. The predicted molar refractivity (Wildman–Crippen MR) is 107 cm³/mol. The molecule has 0 radical (unpaired) electrons. The predicted octanol–water partition coefficient (Wildman–Crippen LogP) is 4.83. The Kier molecular flexibility index (Phi) is 5.88. The number of carbonyl (C=O) groups excluding carboxylic acids is 1. The lowest BCUT2D eigenvalue weighted by atomic mass is 10.2. The second kappa shape index (κ2) is 8.51. The van der Waals surface area contributed by atoms with Gasteiger partial charge in [-0.3, -0.25) is 4.79 Å². The summed E-state index contributed by atoms with van der Waals surface area (Å²) < 4.78 is 5.53. The first kappa shape index (κ1) is 18.7. The molecule has 3 rings (SSSR count). The zero-order valence-electron chi connectivity index (χ0n) is 15.0. The molecule has 0 unspecified atom stereocenters. The molecule has 0 saturated heterocycles. The van der Waals surface area contributed by atoms with E-state index in [1.165, 1.54) is 6.20 Å². The van der Waals surface area contributed by atoms with Crippen molar-refractivity contribution in [1.29, 1.82) is 0 Å². The van der Waals surface area contributed by atoms with E-state index in [0.717, 1.165) is 11.3 Å². The second-order valence-electron chi connectivity index (χ2n) is 5.73. The third kappa shape index (κ3) is 4.74. The number of anilines is 3. The van der Waals surface area contributed by atoms with Crippen molar-refractivity contribution in [3.05, 3.63) is 71.0 Å². The van der Waals surface area contributed by atoms with Crippen molar-refractivity contribution in [2.24, 2.45) is 0 Å². The Morgan fingerprint density at radius 2 is 1.96 bits per heavy atom. The van der Waals surface area contributed by atoms with Crippen LogP contribution in [0.3, 0.4) is 0 Å². The topological polar surface area (TPSA) is 76.1 Å². The SMILES string of the molecule is CCOc1ccccc1NC(=O)c1ccnc(Nc2ccc(Cl)cc2C)n1. The fourth-order valence-electron chi connectivity index (χ4n) is 2.47. The molecular formula is C20H19ClN4O2. The molecule has 0 aliphatic heterocycles. The van der Waals surface area contributed by atoms with E-state index in [2.05, 4.69) is 20.6 Å². The van der Waals surface area contributed by atoms with Gasteiger partial charge in [-0.2, -0.15) is 0 Å². The number of hydrogen-bond acceptors (Lipinski definition) is 5. The maximum atomic E-state index is 12.6. The molecule has 0 atom stereocenters. The summed E-state index contributed by atoms with van der Waals surface area (Å²) in [6.07, 6.45) is 1.53. The molecule has 0 aliphatic carbocycles. The summed E-state index contributed by atoms with van der Waals surface area (Å²) in [5.41, 5.74) is 2.60. The molecule has 0 spiro atoms. The van der Waals surface area contributed by atoms with E-state index >= 15 is 0 Å². The zero-order valence-corrected chi connectivity index (χ0v) is 15.7. The highest BCUT2D eigenvalue weighted by Crippen LogP contribution is 2.25. The van der Waals surface area contributed by atoms with Gasteiger partial charge in [0.05, 0.1) is 12.3 Å². The average Bonchev–Trinajstić information content (AvgIpc) is 2.66. The molecule has 27 heavy (non-hydrogen) atoms. The molecule has 3 aromatic rings. The van der Waals surface area contributed by atoms with E-state index in [0.29, 0.717) is 29.0 Å². The minimum Gasteiger partial charge on any atom is -0.492 e. The summed E-state index contributed by atoms with van der Waals surface area (Å²) in [5.74, 6) is 0.587. The van der Waals surface area contributed by atoms with Crippen LogP contribution in [0.25, 0.3) is 0 Å². The van der Waals surface area contributed by atoms with Crippen LogP contribution in [-0.2, 0) is 0 Å². The fourth-order valence-corrected chi connectivity index (χ4v) is 2.70. The number of aryl methyl sites for hydroxylation is 1. The minimum atomic E-state index is -0.347. The van der Waals surface area contributed by atoms with Gasteiger partial charge in [0.1, 0.15) is 11.4 Å². The molecule has 0 bridgehead atoms. The average molecular weight is 383 g/mol. The highest BCUT2D eigenvalue weighted by atomic mass is 35.5. The maximum Gasteiger partial charge on any atom is 0.274 e. The van der Waals surface area contributed by atoms with Crippen molar-refractivity contribution < 1.29 is 9.53 Å². The Balaban J connectivity index is 1.78. The Labute approximate surface area is 162 Å². The third-order valence-electron chi connectivity index (χ3n) is 3.76. The van der Waals surface area contributed by atoms with Crippen molar-refractivity contribution in [2.75, 3.05) is 17.2 Å². The van der Waals surface area contributed by atoms with Crippen molar-refractivity contribution in [1.82, 2.24) is 9.97 Å². The van der Waals surface area contributed by atoms with Crippen molar-refractivity contribution >= 4 is 34.8 Å². The van der Waals surface area contributed by atoms with Crippen LogP contribution in [0.2, 0.25) is 5.02 Å². The molecule has 7 heteroatoms. The van der Waals surface area contributed by atoms with Gasteiger partial charge in [0.2, 0.25) is 5.95 Å². The first-order valence-electron chi connectivity index (χ1n) is 8.46. The van der Waals surface area contributed by atoms with Gasteiger partial charge < -0.3 is 15.4 Å². The summed E-state index contributed by atoms with van der Waals surface area (Å²) >= 11 is 5.98. The summed E-state index contributed by atoms with van der Waals surface area (Å²) in [5, 5.41) is 6.58. The zero-order chi connectivity index (χ0) is 19.2. The number of ether oxygens (including phenoxy) is 1. The summed E-state index contributed by atoms with van der Waals surface area (Å²) in [7, 11) is 0. The van der Waals surface area contributed by atoms with Crippen LogP contribution in [-0.4, -0.2) is 22.5 Å². The molecule has 2 N–H and O–H groups in total. The quantitative estimate of drug-likeness (QED) is 0.638. The number of halogens is 1. The summed E-state index contributed by atoms with van der Waals surface area (Å²) in [6.45, 7) is 4.32. The first-order chi connectivity index (χ1) is 13.1. The molecular weight excluding hydrogens is 364 g/mol. The highest BCUT2D eigenvalue weighted by Gasteiger charge is 2.12. The first-order valence-corrected chi connectivity index (χ1v) is 8.84. The largest absolute Gasteiger partial charge is 0.492 e. The van der Waals surface area contributed by atoms with Gasteiger partial charge in [-0.05, 0) is 55.8 Å². The monoisotopic (exact) mass is 382 g/mol. The van der Waals surface area contributed by atoms with Crippen LogP contribution < -0.4 is 15.4 Å². The summed E-state index contributed by atoms with van der Waals surface area (Å²) in [4.78, 5) is 21.1. The lowest BCUT2D eigenvalue weighted by Crippen LogP contribution is -2.15. The van der Waals surface area contributed by atoms with Gasteiger partial charge >= 0.3 is 0 Å². The smallest absolute Gasteiger partial charge is 0.274 e. The molecule has 138 valence electrons. The van der Waals surface area contributed by atoms with Crippen molar-refractivity contribution in [3.63, 3.8) is 0 Å². The summed E-state index contributed by atoms with van der Waals surface area (Å²) in [6, 6.07) is 14.3. The lowest BCUT2D eigenvalue weighted by Gasteiger charge is -2.12. The molecule has 6 nitrogen and oxygen atoms in total. The highest BCUT2D eigenvalue weighted by molar-refractivity contribution is 6.30. The molecule has 2 aromatic carbocycles. The second-order valence-corrected chi connectivity index (χ2v) is 6.17. The molecule has 1 heterocycles. The van der Waals surface area contributed by atoms with E-state index in [-0.39, 0.29) is 11.6 Å². The number of para-hydroxylation sites is 2. The maximum absolute atomic E-state index is 12.6. The fraction of sp³-hybridized carbons (Fsp3) is 0.150. The Morgan fingerprint density at radius 3 is 2.74 bits per heavy atom.